The van der Waals surface area contributed by atoms with E-state index in [1.807, 2.05) is 12.3 Å². The van der Waals surface area contributed by atoms with E-state index in [1.54, 1.807) is 0 Å². The summed E-state index contributed by atoms with van der Waals surface area (Å²) in [6.07, 6.45) is 3.01. The fourth-order valence-corrected chi connectivity index (χ4v) is 2.79. The van der Waals surface area contributed by atoms with Crippen molar-refractivity contribution in [3.63, 3.8) is 0 Å². The van der Waals surface area contributed by atoms with E-state index >= 15 is 0 Å². The van der Waals surface area contributed by atoms with Gasteiger partial charge in [0.2, 0.25) is 0 Å². The Balaban J connectivity index is 1.68. The van der Waals surface area contributed by atoms with E-state index in [-0.39, 0.29) is 0 Å². The van der Waals surface area contributed by atoms with Gasteiger partial charge in [-0.05, 0) is 36.5 Å². The van der Waals surface area contributed by atoms with Gasteiger partial charge in [-0.15, -0.1) is 0 Å². The van der Waals surface area contributed by atoms with Crippen molar-refractivity contribution in [2.75, 3.05) is 0 Å². The Kier molecular flexibility index (Phi) is 2.21. The minimum Gasteiger partial charge on any atom is -0.340 e. The van der Waals surface area contributed by atoms with Crippen LogP contribution in [0.2, 0.25) is 0 Å². The minimum atomic E-state index is 0.524. The van der Waals surface area contributed by atoms with E-state index < -0.39 is 0 Å². The van der Waals surface area contributed by atoms with Gasteiger partial charge in [0.05, 0.1) is 5.52 Å². The van der Waals surface area contributed by atoms with E-state index in [9.17, 15) is 0 Å². The molecular weight excluding hydrogens is 234 g/mol. The number of aromatic amines is 1. The summed E-state index contributed by atoms with van der Waals surface area (Å²) < 4.78 is 0. The van der Waals surface area contributed by atoms with Gasteiger partial charge in [-0.2, -0.15) is 0 Å². The molecule has 3 nitrogen and oxygen atoms in total. The Bertz CT molecular complexity index is 730. The number of nitrogens with one attached hydrogen (secondary N) is 1. The second-order valence-corrected chi connectivity index (χ2v) is 5.31. The third-order valence-electron chi connectivity index (χ3n) is 3.99. The largest absolute Gasteiger partial charge is 0.340 e. The van der Waals surface area contributed by atoms with E-state index in [1.165, 1.54) is 17.5 Å². The number of hydrogen-bond acceptors (Lipinski definition) is 2. The number of aryl methyl sites for hydroxylation is 1. The summed E-state index contributed by atoms with van der Waals surface area (Å²) in [5, 5.41) is 0. The number of benzene rings is 1. The highest BCUT2D eigenvalue weighted by Crippen LogP contribution is 2.53. The van der Waals surface area contributed by atoms with Gasteiger partial charge in [-0.3, -0.25) is 0 Å². The summed E-state index contributed by atoms with van der Waals surface area (Å²) in [7, 11) is 0. The molecule has 0 saturated heterocycles. The van der Waals surface area contributed by atoms with Crippen LogP contribution >= 0.6 is 0 Å². The maximum absolute atomic E-state index is 4.64. The number of pyridine rings is 1. The molecule has 1 aromatic carbocycles. The van der Waals surface area contributed by atoms with E-state index in [0.29, 0.717) is 11.8 Å². The molecular formula is C16H15N3. The van der Waals surface area contributed by atoms with Gasteiger partial charge in [-0.25, -0.2) is 9.97 Å². The lowest BCUT2D eigenvalue weighted by Crippen LogP contribution is -1.86. The van der Waals surface area contributed by atoms with Crippen LogP contribution < -0.4 is 0 Å². The van der Waals surface area contributed by atoms with Gasteiger partial charge in [-0.1, -0.05) is 30.3 Å². The fraction of sp³-hybridized carbons (Fsp3) is 0.250. The molecule has 3 heteroatoms. The average molecular weight is 249 g/mol. The summed E-state index contributed by atoms with van der Waals surface area (Å²) in [6.45, 7) is 2.09. The van der Waals surface area contributed by atoms with Crippen molar-refractivity contribution < 1.29 is 0 Å². The van der Waals surface area contributed by atoms with E-state index in [2.05, 4.69) is 52.2 Å². The normalized spacial score (nSPS) is 21.7. The molecule has 0 bridgehead atoms. The lowest BCUT2D eigenvalue weighted by molar-refractivity contribution is 0.936. The molecule has 2 atom stereocenters. The van der Waals surface area contributed by atoms with Crippen molar-refractivity contribution in [2.24, 2.45) is 0 Å². The van der Waals surface area contributed by atoms with Crippen molar-refractivity contribution in [3.8, 4) is 0 Å². The molecule has 1 fully saturated rings. The maximum atomic E-state index is 4.64. The Hall–Kier alpha value is -2.16. The molecule has 0 spiro atoms. The molecule has 2 aromatic heterocycles. The number of H-pyrrole nitrogens is 1. The number of hydrogen-bond donors (Lipinski definition) is 1. The molecule has 0 amide bonds. The van der Waals surface area contributed by atoms with Gasteiger partial charge < -0.3 is 4.98 Å². The van der Waals surface area contributed by atoms with Crippen LogP contribution in [0.5, 0.6) is 0 Å². The highest BCUT2D eigenvalue weighted by Gasteiger charge is 2.41. The summed E-state index contributed by atoms with van der Waals surface area (Å²) in [6, 6.07) is 12.7. The second kappa shape index (κ2) is 3.92. The van der Waals surface area contributed by atoms with Crippen LogP contribution in [-0.2, 0) is 0 Å². The molecule has 1 saturated carbocycles. The fourth-order valence-electron chi connectivity index (χ4n) is 2.79. The number of nitrogens with zero attached hydrogens (tertiary/aromatic N) is 2. The van der Waals surface area contributed by atoms with Crippen LogP contribution in [0.25, 0.3) is 11.2 Å². The van der Waals surface area contributed by atoms with Crippen molar-refractivity contribution in [3.05, 3.63) is 59.5 Å². The average Bonchev–Trinajstić information content (AvgIpc) is 3.12. The third-order valence-corrected chi connectivity index (χ3v) is 3.99. The summed E-state index contributed by atoms with van der Waals surface area (Å²) in [5.74, 6) is 2.23. The predicted octanol–water partition coefficient (Wildman–Crippen LogP) is 3.54. The zero-order chi connectivity index (χ0) is 12.8. The van der Waals surface area contributed by atoms with Crippen LogP contribution in [0.15, 0.2) is 42.6 Å². The van der Waals surface area contributed by atoms with Crippen molar-refractivity contribution in [2.45, 2.75) is 25.2 Å². The summed E-state index contributed by atoms with van der Waals surface area (Å²) in [4.78, 5) is 12.4. The van der Waals surface area contributed by atoms with Crippen LogP contribution in [0, 0.1) is 6.92 Å². The van der Waals surface area contributed by atoms with E-state index in [0.717, 1.165) is 17.0 Å². The van der Waals surface area contributed by atoms with Crippen molar-refractivity contribution >= 4 is 11.2 Å². The summed E-state index contributed by atoms with van der Waals surface area (Å²) >= 11 is 0. The molecule has 0 aliphatic heterocycles. The zero-order valence-electron chi connectivity index (χ0n) is 10.8. The topological polar surface area (TPSA) is 41.6 Å². The highest BCUT2D eigenvalue weighted by molar-refractivity contribution is 5.74. The van der Waals surface area contributed by atoms with Crippen molar-refractivity contribution in [1.29, 1.82) is 0 Å². The van der Waals surface area contributed by atoms with Gasteiger partial charge in [0, 0.05) is 12.1 Å². The molecule has 1 aliphatic carbocycles. The Labute approximate surface area is 111 Å². The molecule has 19 heavy (non-hydrogen) atoms. The standard InChI is InChI=1S/C16H15N3/c1-10-7-8-17-16-14(10)18-15(19-16)13-9-12(13)11-5-3-2-4-6-11/h2-8,12-13H,9H2,1H3,(H,17,18,19). The first-order chi connectivity index (χ1) is 9.33. The van der Waals surface area contributed by atoms with Crippen LogP contribution in [0.3, 0.4) is 0 Å². The molecule has 0 radical (unpaired) electrons. The first kappa shape index (κ1) is 10.7. The van der Waals surface area contributed by atoms with Gasteiger partial charge in [0.25, 0.3) is 0 Å². The lowest BCUT2D eigenvalue weighted by Gasteiger charge is -1.97. The number of rotatable bonds is 2. The first-order valence-electron chi connectivity index (χ1n) is 6.69. The second-order valence-electron chi connectivity index (χ2n) is 5.31. The van der Waals surface area contributed by atoms with E-state index in [4.69, 9.17) is 0 Å². The van der Waals surface area contributed by atoms with Gasteiger partial charge in [0.15, 0.2) is 5.65 Å². The number of imidazole rings is 1. The Morgan fingerprint density at radius 3 is 2.74 bits per heavy atom. The van der Waals surface area contributed by atoms with Crippen LogP contribution in [0.4, 0.5) is 0 Å². The van der Waals surface area contributed by atoms with Crippen LogP contribution in [0.1, 0.15) is 35.2 Å². The molecule has 3 aromatic rings. The molecule has 2 heterocycles. The smallest absolute Gasteiger partial charge is 0.177 e. The zero-order valence-corrected chi connectivity index (χ0v) is 10.8. The third kappa shape index (κ3) is 1.73. The monoisotopic (exact) mass is 249 g/mol. The molecule has 2 unspecified atom stereocenters. The Morgan fingerprint density at radius 1 is 1.11 bits per heavy atom. The molecule has 1 N–H and O–H groups in total. The van der Waals surface area contributed by atoms with Gasteiger partial charge >= 0.3 is 0 Å². The quantitative estimate of drug-likeness (QED) is 0.754. The van der Waals surface area contributed by atoms with Crippen molar-refractivity contribution in [1.82, 2.24) is 15.0 Å². The SMILES string of the molecule is Cc1ccnc2nc(C3CC3c3ccccc3)[nH]c12. The van der Waals surface area contributed by atoms with Crippen LogP contribution in [-0.4, -0.2) is 15.0 Å². The molecule has 1 aliphatic rings. The maximum Gasteiger partial charge on any atom is 0.177 e. The first-order valence-corrected chi connectivity index (χ1v) is 6.69. The lowest BCUT2D eigenvalue weighted by atomic mass is 10.1. The summed E-state index contributed by atoms with van der Waals surface area (Å²) in [5.41, 5.74) is 4.54. The number of fused-ring (bicyclic) bond motifs is 1. The Morgan fingerprint density at radius 2 is 1.95 bits per heavy atom. The molecule has 94 valence electrons. The van der Waals surface area contributed by atoms with Gasteiger partial charge in [0.1, 0.15) is 5.82 Å². The number of aromatic nitrogens is 3. The minimum absolute atomic E-state index is 0.524. The highest BCUT2D eigenvalue weighted by atomic mass is 15.0. The predicted molar refractivity (Wildman–Crippen MR) is 75.2 cm³/mol. The molecule has 4 rings (SSSR count).